The highest BCUT2D eigenvalue weighted by atomic mass is 32.2. The van der Waals surface area contributed by atoms with E-state index in [-0.39, 0.29) is 17.2 Å². The highest BCUT2D eigenvalue weighted by molar-refractivity contribution is 7.99. The first-order valence-corrected chi connectivity index (χ1v) is 9.92. The topological polar surface area (TPSA) is 84.1 Å². The number of nitrogens with one attached hydrogen (secondary N) is 2. The van der Waals surface area contributed by atoms with E-state index in [1.54, 1.807) is 18.4 Å². The minimum absolute atomic E-state index is 0.0654. The monoisotopic (exact) mass is 367 g/mol. The molecule has 1 amide bonds. The van der Waals surface area contributed by atoms with Gasteiger partial charge in [0.15, 0.2) is 5.16 Å². The van der Waals surface area contributed by atoms with Gasteiger partial charge in [-0.1, -0.05) is 11.8 Å². The van der Waals surface area contributed by atoms with E-state index < -0.39 is 0 Å². The third-order valence-electron chi connectivity index (χ3n) is 3.99. The lowest BCUT2D eigenvalue weighted by Crippen LogP contribution is -2.27. The summed E-state index contributed by atoms with van der Waals surface area (Å²) < 4.78 is 4.94. The molecule has 0 saturated heterocycles. The lowest BCUT2D eigenvalue weighted by molar-refractivity contribution is -0.118. The summed E-state index contributed by atoms with van der Waals surface area (Å²) in [6.45, 7) is 1.22. The van der Waals surface area contributed by atoms with E-state index in [1.807, 2.05) is 0 Å². The number of aryl methyl sites for hydroxylation is 2. The van der Waals surface area contributed by atoms with Crippen LogP contribution in [0.5, 0.6) is 0 Å². The van der Waals surface area contributed by atoms with Gasteiger partial charge in [0.05, 0.1) is 11.1 Å². The van der Waals surface area contributed by atoms with Gasteiger partial charge in [0.25, 0.3) is 5.56 Å². The van der Waals surface area contributed by atoms with Crippen molar-refractivity contribution < 1.29 is 9.53 Å². The molecule has 6 nitrogen and oxygen atoms in total. The number of nitrogens with zero attached hydrogens (tertiary/aromatic N) is 1. The van der Waals surface area contributed by atoms with E-state index in [4.69, 9.17) is 4.74 Å². The molecule has 2 N–H and O–H groups in total. The van der Waals surface area contributed by atoms with Gasteiger partial charge in [0.1, 0.15) is 4.83 Å². The van der Waals surface area contributed by atoms with Crippen molar-refractivity contribution in [1.82, 2.24) is 15.3 Å². The number of thiophene rings is 1. The number of methoxy groups -OCH3 is 1. The number of carbonyl (C=O) groups excluding carboxylic acids is 1. The zero-order valence-electron chi connectivity index (χ0n) is 13.6. The summed E-state index contributed by atoms with van der Waals surface area (Å²) in [6, 6.07) is 0. The van der Waals surface area contributed by atoms with Gasteiger partial charge < -0.3 is 15.0 Å². The molecule has 0 atom stereocenters. The number of H-pyrrole nitrogens is 1. The Bertz CT molecular complexity index is 785. The average molecular weight is 367 g/mol. The van der Waals surface area contributed by atoms with Gasteiger partial charge >= 0.3 is 0 Å². The van der Waals surface area contributed by atoms with Gasteiger partial charge in [-0.25, -0.2) is 4.98 Å². The zero-order chi connectivity index (χ0) is 16.9. The molecule has 0 unspecified atom stereocenters. The second-order valence-corrected chi connectivity index (χ2v) is 7.79. The third kappa shape index (κ3) is 3.99. The Morgan fingerprint density at radius 2 is 2.25 bits per heavy atom. The van der Waals surface area contributed by atoms with Crippen molar-refractivity contribution in [2.45, 2.75) is 37.3 Å². The molecule has 2 aromatic rings. The SMILES string of the molecule is COCCCNC(=O)CSc1nc2sc3c(c2c(=O)[nH]1)CCCC3. The van der Waals surface area contributed by atoms with Gasteiger partial charge in [-0.2, -0.15) is 0 Å². The van der Waals surface area contributed by atoms with Gasteiger partial charge in [-0.15, -0.1) is 11.3 Å². The fourth-order valence-corrected chi connectivity index (χ4v) is 4.85. The number of ether oxygens (including phenoxy) is 1. The number of aromatic nitrogens is 2. The van der Waals surface area contributed by atoms with Crippen LogP contribution in [-0.4, -0.2) is 41.9 Å². The first kappa shape index (κ1) is 17.4. The molecule has 0 saturated carbocycles. The molecule has 0 aromatic carbocycles. The second kappa shape index (κ2) is 8.13. The summed E-state index contributed by atoms with van der Waals surface area (Å²) in [5.41, 5.74) is 1.10. The molecular formula is C16H21N3O3S2. The van der Waals surface area contributed by atoms with Crippen LogP contribution < -0.4 is 10.9 Å². The highest BCUT2D eigenvalue weighted by Crippen LogP contribution is 2.34. The van der Waals surface area contributed by atoms with E-state index in [1.165, 1.54) is 28.6 Å². The fourth-order valence-electron chi connectivity index (χ4n) is 2.84. The van der Waals surface area contributed by atoms with Crippen LogP contribution >= 0.6 is 23.1 Å². The Balaban J connectivity index is 1.65. The van der Waals surface area contributed by atoms with Gasteiger partial charge in [-0.05, 0) is 37.7 Å². The maximum absolute atomic E-state index is 12.4. The Morgan fingerprint density at radius 1 is 1.42 bits per heavy atom. The molecule has 0 fully saturated rings. The van der Waals surface area contributed by atoms with Gasteiger partial charge in [-0.3, -0.25) is 9.59 Å². The first-order valence-electron chi connectivity index (χ1n) is 8.12. The number of rotatable bonds is 7. The molecule has 0 spiro atoms. The van der Waals surface area contributed by atoms with Crippen LogP contribution in [-0.2, 0) is 22.4 Å². The molecule has 1 aliphatic rings. The minimum atomic E-state index is -0.0811. The van der Waals surface area contributed by atoms with Crippen molar-refractivity contribution in [1.29, 1.82) is 0 Å². The van der Waals surface area contributed by atoms with Crippen LogP contribution in [0.1, 0.15) is 29.7 Å². The molecule has 24 heavy (non-hydrogen) atoms. The number of hydrogen-bond acceptors (Lipinski definition) is 6. The normalized spacial score (nSPS) is 13.9. The number of aromatic amines is 1. The summed E-state index contributed by atoms with van der Waals surface area (Å²) in [5.74, 6) is 0.177. The first-order chi connectivity index (χ1) is 11.7. The van der Waals surface area contributed by atoms with Crippen molar-refractivity contribution in [3.63, 3.8) is 0 Å². The van der Waals surface area contributed by atoms with Gasteiger partial charge in [0.2, 0.25) is 5.91 Å². The van der Waals surface area contributed by atoms with Crippen molar-refractivity contribution in [2.75, 3.05) is 26.0 Å². The molecule has 0 radical (unpaired) electrons. The molecule has 1 aliphatic carbocycles. The van der Waals surface area contributed by atoms with Crippen LogP contribution in [0.4, 0.5) is 0 Å². The Labute approximate surface area is 148 Å². The Morgan fingerprint density at radius 3 is 3.08 bits per heavy atom. The standard InChI is InChI=1S/C16H21N3O3S2/c1-22-8-4-7-17-12(20)9-23-16-18-14(21)13-10-5-2-3-6-11(10)24-15(13)19-16/h2-9H2,1H3,(H,17,20)(H,18,19,21). The maximum Gasteiger partial charge on any atom is 0.260 e. The smallest absolute Gasteiger partial charge is 0.260 e. The molecular weight excluding hydrogens is 346 g/mol. The Kier molecular flexibility index (Phi) is 5.91. The van der Waals surface area contributed by atoms with E-state index in [0.29, 0.717) is 18.3 Å². The summed E-state index contributed by atoms with van der Waals surface area (Å²) in [4.78, 5) is 33.7. The van der Waals surface area contributed by atoms with Crippen LogP contribution in [0, 0.1) is 0 Å². The van der Waals surface area contributed by atoms with Crippen molar-refractivity contribution in [2.24, 2.45) is 0 Å². The molecule has 0 aliphatic heterocycles. The van der Waals surface area contributed by atoms with E-state index in [0.717, 1.165) is 35.9 Å². The van der Waals surface area contributed by atoms with E-state index in [9.17, 15) is 9.59 Å². The maximum atomic E-state index is 12.4. The largest absolute Gasteiger partial charge is 0.385 e. The zero-order valence-corrected chi connectivity index (χ0v) is 15.3. The summed E-state index contributed by atoms with van der Waals surface area (Å²) in [6.07, 6.45) is 5.12. The van der Waals surface area contributed by atoms with Crippen LogP contribution in [0.25, 0.3) is 10.2 Å². The molecule has 0 bridgehead atoms. The minimum Gasteiger partial charge on any atom is -0.385 e. The van der Waals surface area contributed by atoms with E-state index >= 15 is 0 Å². The predicted octanol–water partition coefficient (Wildman–Crippen LogP) is 2.11. The molecule has 8 heteroatoms. The molecule has 2 aromatic heterocycles. The molecule has 2 heterocycles. The van der Waals surface area contributed by atoms with Crippen molar-refractivity contribution in [3.8, 4) is 0 Å². The predicted molar refractivity (Wildman–Crippen MR) is 97.1 cm³/mol. The van der Waals surface area contributed by atoms with Crippen LogP contribution in [0.3, 0.4) is 0 Å². The number of hydrogen-bond donors (Lipinski definition) is 2. The number of carbonyl (C=O) groups is 1. The van der Waals surface area contributed by atoms with Crippen LogP contribution in [0.2, 0.25) is 0 Å². The second-order valence-electron chi connectivity index (χ2n) is 5.75. The highest BCUT2D eigenvalue weighted by Gasteiger charge is 2.20. The number of fused-ring (bicyclic) bond motifs is 3. The van der Waals surface area contributed by atoms with Gasteiger partial charge in [0, 0.05) is 25.1 Å². The summed E-state index contributed by atoms with van der Waals surface area (Å²) in [7, 11) is 1.64. The third-order valence-corrected chi connectivity index (χ3v) is 6.05. The van der Waals surface area contributed by atoms with Crippen LogP contribution in [0.15, 0.2) is 9.95 Å². The molecule has 3 rings (SSSR count). The number of amides is 1. The van der Waals surface area contributed by atoms with Crippen molar-refractivity contribution >= 4 is 39.2 Å². The lowest BCUT2D eigenvalue weighted by Gasteiger charge is -2.09. The van der Waals surface area contributed by atoms with E-state index in [2.05, 4.69) is 15.3 Å². The molecule has 130 valence electrons. The quantitative estimate of drug-likeness (QED) is 0.445. The summed E-state index contributed by atoms with van der Waals surface area (Å²) >= 11 is 2.89. The fraction of sp³-hybridized carbons (Fsp3) is 0.562. The Hall–Kier alpha value is -1.38. The lowest BCUT2D eigenvalue weighted by atomic mass is 9.97. The number of thioether (sulfide) groups is 1. The average Bonchev–Trinajstić information content (AvgIpc) is 2.95. The van der Waals surface area contributed by atoms with Crippen molar-refractivity contribution in [3.05, 3.63) is 20.8 Å². The summed E-state index contributed by atoms with van der Waals surface area (Å²) in [5, 5.41) is 4.09.